The molecule has 0 radical (unpaired) electrons. The van der Waals surface area contributed by atoms with Crippen LogP contribution in [0.4, 0.5) is 0 Å². The number of hydrogen-bond acceptors (Lipinski definition) is 6. The molecule has 1 saturated heterocycles. The molecule has 0 aliphatic carbocycles. The number of para-hydroxylation sites is 1. The Bertz CT molecular complexity index is 1260. The van der Waals surface area contributed by atoms with Gasteiger partial charge in [0, 0.05) is 55.6 Å². The molecule has 0 amide bonds. The van der Waals surface area contributed by atoms with Crippen LogP contribution in [-0.4, -0.2) is 47.9 Å². The molecular formula is C25H24N2O4. The molecule has 1 fully saturated rings. The van der Waals surface area contributed by atoms with E-state index in [0.717, 1.165) is 78.3 Å². The van der Waals surface area contributed by atoms with Gasteiger partial charge < -0.3 is 19.0 Å². The van der Waals surface area contributed by atoms with Gasteiger partial charge in [-0.1, -0.05) is 24.3 Å². The van der Waals surface area contributed by atoms with Gasteiger partial charge >= 0.3 is 0 Å². The number of ether oxygens (including phenoxy) is 2. The van der Waals surface area contributed by atoms with Crippen LogP contribution in [0.2, 0.25) is 0 Å². The number of benzene rings is 3. The number of phenolic OH excluding ortho intramolecular Hbond substituents is 1. The minimum atomic E-state index is 0.310. The largest absolute Gasteiger partial charge is 0.508 e. The Kier molecular flexibility index (Phi) is 4.47. The summed E-state index contributed by atoms with van der Waals surface area (Å²) in [5.41, 5.74) is 3.84. The van der Waals surface area contributed by atoms with Crippen molar-refractivity contribution in [2.45, 2.75) is 13.1 Å². The third kappa shape index (κ3) is 3.48. The Labute approximate surface area is 180 Å². The highest BCUT2D eigenvalue weighted by Gasteiger charge is 2.20. The number of fused-ring (bicyclic) bond motifs is 4. The minimum Gasteiger partial charge on any atom is -0.508 e. The molecule has 0 spiro atoms. The first-order valence-corrected chi connectivity index (χ1v) is 10.7. The molecule has 0 saturated carbocycles. The van der Waals surface area contributed by atoms with Crippen LogP contribution in [0.3, 0.4) is 0 Å². The number of rotatable bonds is 4. The zero-order valence-corrected chi connectivity index (χ0v) is 17.2. The fourth-order valence-electron chi connectivity index (χ4n) is 4.57. The van der Waals surface area contributed by atoms with E-state index in [9.17, 15) is 5.11 Å². The van der Waals surface area contributed by atoms with Crippen molar-refractivity contribution in [3.63, 3.8) is 0 Å². The lowest BCUT2D eigenvalue weighted by Crippen LogP contribution is -2.45. The Morgan fingerprint density at radius 3 is 2.39 bits per heavy atom. The van der Waals surface area contributed by atoms with Crippen molar-refractivity contribution in [3.8, 4) is 17.2 Å². The van der Waals surface area contributed by atoms with E-state index < -0.39 is 0 Å². The molecule has 3 aromatic carbocycles. The molecule has 6 heteroatoms. The molecule has 0 bridgehead atoms. The lowest BCUT2D eigenvalue weighted by molar-refractivity contribution is 0.121. The summed E-state index contributed by atoms with van der Waals surface area (Å²) >= 11 is 0. The van der Waals surface area contributed by atoms with Gasteiger partial charge in [-0.3, -0.25) is 9.80 Å². The van der Waals surface area contributed by atoms with Crippen LogP contribution in [0.1, 0.15) is 11.1 Å². The highest BCUT2D eigenvalue weighted by molar-refractivity contribution is 6.05. The molecule has 6 rings (SSSR count). The van der Waals surface area contributed by atoms with E-state index >= 15 is 0 Å². The quantitative estimate of drug-likeness (QED) is 0.534. The van der Waals surface area contributed by atoms with Gasteiger partial charge in [-0.2, -0.15) is 0 Å². The number of aromatic hydroxyl groups is 1. The normalized spacial score (nSPS) is 17.0. The molecule has 3 heterocycles. The van der Waals surface area contributed by atoms with Crippen molar-refractivity contribution in [1.29, 1.82) is 0 Å². The lowest BCUT2D eigenvalue weighted by Gasteiger charge is -2.34. The summed E-state index contributed by atoms with van der Waals surface area (Å²) < 4.78 is 16.9. The van der Waals surface area contributed by atoms with E-state index in [4.69, 9.17) is 13.9 Å². The molecule has 31 heavy (non-hydrogen) atoms. The van der Waals surface area contributed by atoms with Crippen LogP contribution in [0, 0.1) is 0 Å². The second-order valence-corrected chi connectivity index (χ2v) is 8.32. The molecule has 158 valence electrons. The van der Waals surface area contributed by atoms with Gasteiger partial charge in [0.2, 0.25) is 6.79 Å². The molecule has 0 unspecified atom stereocenters. The fourth-order valence-corrected chi connectivity index (χ4v) is 4.57. The topological polar surface area (TPSA) is 58.3 Å². The first kappa shape index (κ1) is 18.5. The van der Waals surface area contributed by atoms with Crippen molar-refractivity contribution in [3.05, 3.63) is 65.7 Å². The second kappa shape index (κ2) is 7.48. The predicted molar refractivity (Wildman–Crippen MR) is 119 cm³/mol. The Morgan fingerprint density at radius 2 is 1.52 bits per heavy atom. The van der Waals surface area contributed by atoms with Crippen molar-refractivity contribution < 1.29 is 19.0 Å². The van der Waals surface area contributed by atoms with Crippen LogP contribution >= 0.6 is 0 Å². The van der Waals surface area contributed by atoms with Crippen LogP contribution in [0.15, 0.2) is 59.0 Å². The molecule has 6 nitrogen and oxygen atoms in total. The standard InChI is InChI=1S/C25H24N2O4/c28-21-13-20-19-3-1-2-4-22(19)31-24(20)12-18(21)15-27-9-7-26(8-10-27)14-17-5-6-23-25(11-17)30-16-29-23/h1-6,11-13,28H,7-10,14-16H2. The second-order valence-electron chi connectivity index (χ2n) is 8.32. The summed E-state index contributed by atoms with van der Waals surface area (Å²) in [4.78, 5) is 4.84. The first-order valence-electron chi connectivity index (χ1n) is 10.7. The third-order valence-corrected chi connectivity index (χ3v) is 6.28. The summed E-state index contributed by atoms with van der Waals surface area (Å²) in [7, 11) is 0. The zero-order valence-electron chi connectivity index (χ0n) is 17.2. The van der Waals surface area contributed by atoms with Crippen molar-refractivity contribution in [2.75, 3.05) is 33.0 Å². The number of furan rings is 1. The van der Waals surface area contributed by atoms with Gasteiger partial charge in [0.05, 0.1) is 0 Å². The molecule has 0 atom stereocenters. The molecule has 4 aromatic rings. The maximum absolute atomic E-state index is 10.6. The highest BCUT2D eigenvalue weighted by atomic mass is 16.7. The number of phenols is 1. The van der Waals surface area contributed by atoms with E-state index in [1.165, 1.54) is 5.56 Å². The molecular weight excluding hydrogens is 392 g/mol. The number of nitrogens with zero attached hydrogens (tertiary/aromatic N) is 2. The van der Waals surface area contributed by atoms with Crippen molar-refractivity contribution >= 4 is 21.9 Å². The van der Waals surface area contributed by atoms with Gasteiger partial charge in [0.15, 0.2) is 11.5 Å². The predicted octanol–water partition coefficient (Wildman–Crippen LogP) is 4.34. The van der Waals surface area contributed by atoms with Crippen LogP contribution in [0.5, 0.6) is 17.2 Å². The summed E-state index contributed by atoms with van der Waals surface area (Å²) in [6.07, 6.45) is 0. The lowest BCUT2D eigenvalue weighted by atomic mass is 10.1. The summed E-state index contributed by atoms with van der Waals surface area (Å²) in [6.45, 7) is 5.83. The van der Waals surface area contributed by atoms with Crippen molar-refractivity contribution in [1.82, 2.24) is 9.80 Å². The number of hydrogen-bond donors (Lipinski definition) is 1. The van der Waals surface area contributed by atoms with E-state index in [2.05, 4.69) is 21.9 Å². The summed E-state index contributed by atoms with van der Waals surface area (Å²) in [5, 5.41) is 12.6. The highest BCUT2D eigenvalue weighted by Crippen LogP contribution is 2.34. The van der Waals surface area contributed by atoms with Gasteiger partial charge in [0.1, 0.15) is 16.9 Å². The van der Waals surface area contributed by atoms with Gasteiger partial charge in [-0.05, 0) is 35.9 Å². The van der Waals surface area contributed by atoms with E-state index in [1.54, 1.807) is 0 Å². The van der Waals surface area contributed by atoms with Gasteiger partial charge in [-0.15, -0.1) is 0 Å². The maximum Gasteiger partial charge on any atom is 0.231 e. The average Bonchev–Trinajstić information content (AvgIpc) is 3.39. The smallest absolute Gasteiger partial charge is 0.231 e. The van der Waals surface area contributed by atoms with Crippen LogP contribution < -0.4 is 9.47 Å². The van der Waals surface area contributed by atoms with E-state index in [1.807, 2.05) is 42.5 Å². The first-order chi connectivity index (χ1) is 15.2. The summed E-state index contributed by atoms with van der Waals surface area (Å²) in [6, 6.07) is 18.0. The molecule has 2 aliphatic heterocycles. The zero-order chi connectivity index (χ0) is 20.8. The van der Waals surface area contributed by atoms with Crippen LogP contribution in [-0.2, 0) is 13.1 Å². The van der Waals surface area contributed by atoms with Crippen LogP contribution in [0.25, 0.3) is 21.9 Å². The molecule has 2 aliphatic rings. The van der Waals surface area contributed by atoms with Crippen molar-refractivity contribution in [2.24, 2.45) is 0 Å². The monoisotopic (exact) mass is 416 g/mol. The average molecular weight is 416 g/mol. The fraction of sp³-hybridized carbons (Fsp3) is 0.280. The molecule has 1 N–H and O–H groups in total. The van der Waals surface area contributed by atoms with E-state index in [0.29, 0.717) is 12.5 Å². The number of piperazine rings is 1. The maximum atomic E-state index is 10.6. The Morgan fingerprint density at radius 1 is 0.742 bits per heavy atom. The van der Waals surface area contributed by atoms with Gasteiger partial charge in [0.25, 0.3) is 0 Å². The Hall–Kier alpha value is -3.22. The minimum absolute atomic E-state index is 0.310. The summed E-state index contributed by atoms with van der Waals surface area (Å²) in [5.74, 6) is 2.00. The molecule has 1 aromatic heterocycles. The Balaban J connectivity index is 1.12. The third-order valence-electron chi connectivity index (χ3n) is 6.28. The van der Waals surface area contributed by atoms with E-state index in [-0.39, 0.29) is 0 Å². The van der Waals surface area contributed by atoms with Gasteiger partial charge in [-0.25, -0.2) is 0 Å². The SMILES string of the molecule is Oc1cc2c(cc1CN1CCN(Cc3ccc4c(c3)OCO4)CC1)oc1ccccc12.